The summed E-state index contributed by atoms with van der Waals surface area (Å²) in [6, 6.07) is -0.282. The molecule has 1 N–H and O–H groups in total. The van der Waals surface area contributed by atoms with Gasteiger partial charge in [0.1, 0.15) is 0 Å². The lowest BCUT2D eigenvalue weighted by molar-refractivity contribution is -0.258. The van der Waals surface area contributed by atoms with Crippen molar-refractivity contribution in [3.63, 3.8) is 0 Å². The van der Waals surface area contributed by atoms with E-state index in [9.17, 15) is 26.7 Å². The van der Waals surface area contributed by atoms with E-state index in [-0.39, 0.29) is 18.3 Å². The molecule has 9 heteroatoms. The SMILES string of the molecule is C[C@@](O)(CN1CCC[C@@H](N2CCCS2(=O)=O)C1)C(F)(F)F. The standard InChI is InChI=1S/C12H21F3N2O3S/c1-11(18,12(13,14)15)9-16-5-2-4-10(8-16)17-6-3-7-21(17,19)20/h10,18H,2-9H2,1H3/t10-,11-/m1/s1. The molecule has 0 unspecified atom stereocenters. The number of sulfonamides is 1. The number of hydrogen-bond acceptors (Lipinski definition) is 4. The third-order valence-corrected chi connectivity index (χ3v) is 6.17. The van der Waals surface area contributed by atoms with E-state index in [4.69, 9.17) is 0 Å². The number of piperidine rings is 1. The molecule has 2 aliphatic rings. The first-order chi connectivity index (χ1) is 9.53. The van der Waals surface area contributed by atoms with Gasteiger partial charge < -0.3 is 5.11 Å². The Balaban J connectivity index is 2.02. The largest absolute Gasteiger partial charge is 0.418 e. The Hall–Kier alpha value is -0.380. The smallest absolute Gasteiger partial charge is 0.380 e. The molecule has 2 saturated heterocycles. The van der Waals surface area contributed by atoms with E-state index in [0.717, 1.165) is 6.92 Å². The van der Waals surface area contributed by atoms with Crippen LogP contribution in [0.2, 0.25) is 0 Å². The molecule has 0 aromatic carbocycles. The van der Waals surface area contributed by atoms with Crippen LogP contribution in [0.5, 0.6) is 0 Å². The summed E-state index contributed by atoms with van der Waals surface area (Å²) < 4.78 is 63.4. The summed E-state index contributed by atoms with van der Waals surface area (Å²) in [6.45, 7) is 1.35. The number of β-amino-alcohol motifs (C(OH)–C–C–N with tert-alkyl or cyclic N) is 1. The van der Waals surface area contributed by atoms with E-state index in [1.54, 1.807) is 0 Å². The molecule has 0 amide bonds. The van der Waals surface area contributed by atoms with Crippen molar-refractivity contribution in [3.8, 4) is 0 Å². The second kappa shape index (κ2) is 5.68. The van der Waals surface area contributed by atoms with Crippen molar-refractivity contribution in [2.75, 3.05) is 31.9 Å². The normalized spacial score (nSPS) is 31.2. The van der Waals surface area contributed by atoms with Crippen LogP contribution in [-0.4, -0.2) is 72.5 Å². The van der Waals surface area contributed by atoms with E-state index in [1.807, 2.05) is 0 Å². The van der Waals surface area contributed by atoms with Crippen LogP contribution in [0.4, 0.5) is 13.2 Å². The van der Waals surface area contributed by atoms with Gasteiger partial charge in [-0.2, -0.15) is 17.5 Å². The molecule has 5 nitrogen and oxygen atoms in total. The molecule has 0 aromatic rings. The topological polar surface area (TPSA) is 60.9 Å². The fraction of sp³-hybridized carbons (Fsp3) is 1.00. The molecule has 0 radical (unpaired) electrons. The summed E-state index contributed by atoms with van der Waals surface area (Å²) in [5, 5.41) is 9.56. The molecule has 2 aliphatic heterocycles. The van der Waals surface area contributed by atoms with Gasteiger partial charge in [0, 0.05) is 25.7 Å². The van der Waals surface area contributed by atoms with Crippen LogP contribution in [0.15, 0.2) is 0 Å². The molecule has 0 saturated carbocycles. The van der Waals surface area contributed by atoms with Crippen molar-refractivity contribution >= 4 is 10.0 Å². The molecule has 2 heterocycles. The summed E-state index contributed by atoms with van der Waals surface area (Å²) in [6.07, 6.45) is -2.84. The van der Waals surface area contributed by atoms with Gasteiger partial charge in [-0.25, -0.2) is 8.42 Å². The van der Waals surface area contributed by atoms with Crippen LogP contribution in [-0.2, 0) is 10.0 Å². The summed E-state index contributed by atoms with van der Waals surface area (Å²) in [5.74, 6) is 0.115. The molecule has 0 aromatic heterocycles. The fourth-order valence-electron chi connectivity index (χ4n) is 3.00. The second-order valence-electron chi connectivity index (χ2n) is 6.08. The maximum absolute atomic E-state index is 12.7. The molecule has 2 atom stereocenters. The highest BCUT2D eigenvalue weighted by Gasteiger charge is 2.51. The Kier molecular flexibility index (Phi) is 4.59. The van der Waals surface area contributed by atoms with E-state index in [1.165, 1.54) is 9.21 Å². The number of rotatable bonds is 3. The highest BCUT2D eigenvalue weighted by molar-refractivity contribution is 7.89. The van der Waals surface area contributed by atoms with Gasteiger partial charge in [-0.05, 0) is 32.7 Å². The van der Waals surface area contributed by atoms with Crippen molar-refractivity contribution < 1.29 is 26.7 Å². The van der Waals surface area contributed by atoms with Crippen LogP contribution >= 0.6 is 0 Å². The lowest BCUT2D eigenvalue weighted by Gasteiger charge is -2.40. The number of halogens is 3. The molecule has 0 aliphatic carbocycles. The predicted octanol–water partition coefficient (Wildman–Crippen LogP) is 0.800. The number of hydrogen-bond donors (Lipinski definition) is 1. The molecule has 2 rings (SSSR count). The zero-order valence-electron chi connectivity index (χ0n) is 11.9. The van der Waals surface area contributed by atoms with Gasteiger partial charge in [-0.1, -0.05) is 0 Å². The van der Waals surface area contributed by atoms with Gasteiger partial charge in [-0.15, -0.1) is 0 Å². The lowest BCUT2D eigenvalue weighted by Crippen LogP contribution is -2.56. The Morgan fingerprint density at radius 2 is 1.90 bits per heavy atom. The maximum atomic E-state index is 12.7. The van der Waals surface area contributed by atoms with Gasteiger partial charge in [0.2, 0.25) is 10.0 Å². The summed E-state index contributed by atoms with van der Waals surface area (Å²) in [5.41, 5.74) is -2.78. The molecular formula is C12H21F3N2O3S. The van der Waals surface area contributed by atoms with E-state index >= 15 is 0 Å². The van der Waals surface area contributed by atoms with E-state index in [0.29, 0.717) is 32.4 Å². The minimum atomic E-state index is -4.69. The van der Waals surface area contributed by atoms with Gasteiger partial charge in [-0.3, -0.25) is 4.90 Å². The monoisotopic (exact) mass is 330 g/mol. The molecule has 124 valence electrons. The van der Waals surface area contributed by atoms with E-state index in [2.05, 4.69) is 0 Å². The Bertz CT molecular complexity index is 479. The quantitative estimate of drug-likeness (QED) is 0.831. The van der Waals surface area contributed by atoms with Crippen LogP contribution in [0.1, 0.15) is 26.2 Å². The molecule has 2 fully saturated rings. The van der Waals surface area contributed by atoms with Crippen LogP contribution in [0.3, 0.4) is 0 Å². The van der Waals surface area contributed by atoms with Crippen molar-refractivity contribution in [3.05, 3.63) is 0 Å². The Labute approximate surface area is 122 Å². The van der Waals surface area contributed by atoms with Gasteiger partial charge in [0.15, 0.2) is 5.60 Å². The molecule has 0 spiro atoms. The summed E-state index contributed by atoms with van der Waals surface area (Å²) in [7, 11) is -3.26. The van der Waals surface area contributed by atoms with Crippen molar-refractivity contribution in [1.82, 2.24) is 9.21 Å². The van der Waals surface area contributed by atoms with Crippen molar-refractivity contribution in [2.24, 2.45) is 0 Å². The number of aliphatic hydroxyl groups is 1. The fourth-order valence-corrected chi connectivity index (χ4v) is 4.77. The first kappa shape index (κ1) is 17.0. The Morgan fingerprint density at radius 3 is 2.43 bits per heavy atom. The molecular weight excluding hydrogens is 309 g/mol. The van der Waals surface area contributed by atoms with Gasteiger partial charge >= 0.3 is 6.18 Å². The second-order valence-corrected chi connectivity index (χ2v) is 8.12. The van der Waals surface area contributed by atoms with E-state index < -0.39 is 28.3 Å². The number of likely N-dealkylation sites (tertiary alicyclic amines) is 1. The van der Waals surface area contributed by atoms with Crippen LogP contribution in [0.25, 0.3) is 0 Å². The highest BCUT2D eigenvalue weighted by atomic mass is 32.2. The minimum Gasteiger partial charge on any atom is -0.380 e. The zero-order chi connectivity index (χ0) is 15.9. The zero-order valence-corrected chi connectivity index (χ0v) is 12.8. The maximum Gasteiger partial charge on any atom is 0.418 e. The number of nitrogens with zero attached hydrogens (tertiary/aromatic N) is 2. The van der Waals surface area contributed by atoms with Crippen LogP contribution in [0, 0.1) is 0 Å². The van der Waals surface area contributed by atoms with Crippen molar-refractivity contribution in [1.29, 1.82) is 0 Å². The molecule has 0 bridgehead atoms. The first-order valence-electron chi connectivity index (χ1n) is 7.04. The summed E-state index contributed by atoms with van der Waals surface area (Å²) in [4.78, 5) is 1.51. The molecule has 21 heavy (non-hydrogen) atoms. The summed E-state index contributed by atoms with van der Waals surface area (Å²) >= 11 is 0. The predicted molar refractivity (Wildman–Crippen MR) is 71.3 cm³/mol. The van der Waals surface area contributed by atoms with Crippen molar-refractivity contribution in [2.45, 2.75) is 44.0 Å². The third-order valence-electron chi connectivity index (χ3n) is 4.17. The highest BCUT2D eigenvalue weighted by Crippen LogP contribution is 2.32. The number of alkyl halides is 3. The average Bonchev–Trinajstić information content (AvgIpc) is 2.67. The van der Waals surface area contributed by atoms with Crippen LogP contribution < -0.4 is 0 Å². The van der Waals surface area contributed by atoms with Gasteiger partial charge in [0.05, 0.1) is 5.75 Å². The van der Waals surface area contributed by atoms with Gasteiger partial charge in [0.25, 0.3) is 0 Å². The third kappa shape index (κ3) is 3.69. The first-order valence-corrected chi connectivity index (χ1v) is 8.65. The Morgan fingerprint density at radius 1 is 1.24 bits per heavy atom. The lowest BCUT2D eigenvalue weighted by atomic mass is 10.0. The minimum absolute atomic E-state index is 0.115. The average molecular weight is 330 g/mol.